The zero-order valence-electron chi connectivity index (χ0n) is 15.4. The molecule has 25 heavy (non-hydrogen) atoms. The average molecular weight is 368 g/mol. The van der Waals surface area contributed by atoms with E-state index in [0.29, 0.717) is 25.9 Å². The molecule has 0 saturated carbocycles. The molecule has 1 N–H and O–H groups in total. The zero-order chi connectivity index (χ0) is 18.7. The van der Waals surface area contributed by atoms with E-state index in [0.717, 1.165) is 11.3 Å². The van der Waals surface area contributed by atoms with Crippen LogP contribution >= 0.6 is 0 Å². The molecule has 2 rings (SSSR count). The predicted molar refractivity (Wildman–Crippen MR) is 98.2 cm³/mol. The van der Waals surface area contributed by atoms with Crippen LogP contribution in [0.15, 0.2) is 24.3 Å². The minimum Gasteiger partial charge on any atom is -0.483 e. The van der Waals surface area contributed by atoms with Gasteiger partial charge in [0.15, 0.2) is 6.61 Å². The van der Waals surface area contributed by atoms with E-state index in [4.69, 9.17) is 4.74 Å². The maximum Gasteiger partial charge on any atom is 0.258 e. The highest BCUT2D eigenvalue weighted by atomic mass is 32.2. The van der Waals surface area contributed by atoms with Crippen molar-refractivity contribution in [1.29, 1.82) is 0 Å². The van der Waals surface area contributed by atoms with Gasteiger partial charge in [0.25, 0.3) is 5.91 Å². The van der Waals surface area contributed by atoms with Crippen molar-refractivity contribution >= 4 is 15.9 Å². The number of carbonyl (C=O) groups excluding carboxylic acids is 1. The lowest BCUT2D eigenvalue weighted by molar-refractivity contribution is -0.124. The van der Waals surface area contributed by atoms with Gasteiger partial charge in [0.1, 0.15) is 5.75 Å². The molecular formula is C18H28N2O4S. The quantitative estimate of drug-likeness (QED) is 0.861. The summed E-state index contributed by atoms with van der Waals surface area (Å²) in [6.07, 6.45) is 2.46. The summed E-state index contributed by atoms with van der Waals surface area (Å²) in [6.45, 7) is 7.15. The van der Waals surface area contributed by atoms with Crippen molar-refractivity contribution < 1.29 is 17.9 Å². The minimum atomic E-state index is -3.15. The van der Waals surface area contributed by atoms with Crippen LogP contribution in [0.2, 0.25) is 0 Å². The second-order valence-electron chi connectivity index (χ2n) is 7.54. The first kappa shape index (κ1) is 19.7. The molecule has 1 saturated heterocycles. The lowest BCUT2D eigenvalue weighted by Gasteiger charge is -2.30. The van der Waals surface area contributed by atoms with Crippen LogP contribution in [0.1, 0.15) is 39.2 Å². The maximum atomic E-state index is 12.2. The number of amides is 1. The van der Waals surface area contributed by atoms with E-state index in [1.165, 1.54) is 10.6 Å². The van der Waals surface area contributed by atoms with E-state index in [1.807, 2.05) is 24.3 Å². The van der Waals surface area contributed by atoms with Crippen molar-refractivity contribution in [3.8, 4) is 5.75 Å². The molecule has 1 aromatic carbocycles. The van der Waals surface area contributed by atoms with Crippen molar-refractivity contribution in [3.63, 3.8) is 0 Å². The number of nitrogens with one attached hydrogen (secondary N) is 1. The van der Waals surface area contributed by atoms with Gasteiger partial charge in [0.05, 0.1) is 6.26 Å². The van der Waals surface area contributed by atoms with Crippen molar-refractivity contribution in [2.75, 3.05) is 26.0 Å². The Labute approximate surface area is 150 Å². The van der Waals surface area contributed by atoms with Crippen molar-refractivity contribution in [2.24, 2.45) is 0 Å². The molecule has 1 aromatic rings. The fourth-order valence-corrected chi connectivity index (χ4v) is 3.83. The van der Waals surface area contributed by atoms with Gasteiger partial charge in [-0.2, -0.15) is 0 Å². The van der Waals surface area contributed by atoms with Crippen LogP contribution in [-0.2, 0) is 20.2 Å². The van der Waals surface area contributed by atoms with Crippen molar-refractivity contribution in [1.82, 2.24) is 9.62 Å². The number of hydrogen-bond acceptors (Lipinski definition) is 4. The molecule has 6 nitrogen and oxygen atoms in total. The van der Waals surface area contributed by atoms with Gasteiger partial charge in [-0.25, -0.2) is 12.7 Å². The molecule has 140 valence electrons. The third-order valence-electron chi connectivity index (χ3n) is 4.34. The monoisotopic (exact) mass is 368 g/mol. The Hall–Kier alpha value is -1.60. The Morgan fingerprint density at radius 2 is 1.84 bits per heavy atom. The average Bonchev–Trinajstić information content (AvgIpc) is 2.52. The first-order valence-electron chi connectivity index (χ1n) is 8.54. The van der Waals surface area contributed by atoms with E-state index in [-0.39, 0.29) is 24.0 Å². The number of benzene rings is 1. The molecule has 1 aliphatic heterocycles. The number of rotatable bonds is 5. The first-order valence-corrected chi connectivity index (χ1v) is 10.4. The largest absolute Gasteiger partial charge is 0.483 e. The second kappa shape index (κ2) is 7.74. The number of nitrogens with zero attached hydrogens (tertiary/aromatic N) is 1. The smallest absolute Gasteiger partial charge is 0.258 e. The highest BCUT2D eigenvalue weighted by Gasteiger charge is 2.26. The molecule has 0 spiro atoms. The number of para-hydroxylation sites is 1. The fourth-order valence-electron chi connectivity index (χ4n) is 2.96. The fraction of sp³-hybridized carbons (Fsp3) is 0.611. The highest BCUT2D eigenvalue weighted by Crippen LogP contribution is 2.30. The molecule has 0 bridgehead atoms. The molecule has 0 atom stereocenters. The molecule has 0 radical (unpaired) electrons. The van der Waals surface area contributed by atoms with Crippen LogP contribution < -0.4 is 10.1 Å². The molecule has 7 heteroatoms. The van der Waals surface area contributed by atoms with Gasteiger partial charge in [-0.3, -0.25) is 4.79 Å². The maximum absolute atomic E-state index is 12.2. The summed E-state index contributed by atoms with van der Waals surface area (Å²) in [6, 6.07) is 7.73. The van der Waals surface area contributed by atoms with Crippen molar-refractivity contribution in [3.05, 3.63) is 29.8 Å². The van der Waals surface area contributed by atoms with Crippen molar-refractivity contribution in [2.45, 2.75) is 45.1 Å². The summed E-state index contributed by atoms with van der Waals surface area (Å²) in [5.41, 5.74) is 0.996. The summed E-state index contributed by atoms with van der Waals surface area (Å²) in [4.78, 5) is 12.2. The van der Waals surface area contributed by atoms with Crippen LogP contribution in [0.3, 0.4) is 0 Å². The Morgan fingerprint density at radius 1 is 1.24 bits per heavy atom. The Balaban J connectivity index is 1.85. The lowest BCUT2D eigenvalue weighted by Crippen LogP contribution is -2.47. The summed E-state index contributed by atoms with van der Waals surface area (Å²) >= 11 is 0. The van der Waals surface area contributed by atoms with Gasteiger partial charge >= 0.3 is 0 Å². The summed E-state index contributed by atoms with van der Waals surface area (Å²) in [5, 5.41) is 2.93. The topological polar surface area (TPSA) is 75.7 Å². The van der Waals surface area contributed by atoms with E-state index in [9.17, 15) is 13.2 Å². The normalized spacial score (nSPS) is 17.3. The summed E-state index contributed by atoms with van der Waals surface area (Å²) in [5.74, 6) is 0.540. The SMILES string of the molecule is CC(C)(C)c1ccccc1OCC(=O)NC1CCN(S(C)(=O)=O)CC1. The lowest BCUT2D eigenvalue weighted by atomic mass is 9.86. The second-order valence-corrected chi connectivity index (χ2v) is 9.52. The van der Waals surface area contributed by atoms with Gasteiger partial charge in [0, 0.05) is 19.1 Å². The number of carbonyl (C=O) groups is 1. The first-order chi connectivity index (χ1) is 11.6. The Morgan fingerprint density at radius 3 is 2.40 bits per heavy atom. The third-order valence-corrected chi connectivity index (χ3v) is 5.65. The highest BCUT2D eigenvalue weighted by molar-refractivity contribution is 7.88. The van der Waals surface area contributed by atoms with Crippen LogP contribution in [0.5, 0.6) is 5.75 Å². The zero-order valence-corrected chi connectivity index (χ0v) is 16.2. The number of hydrogen-bond donors (Lipinski definition) is 1. The van der Waals surface area contributed by atoms with E-state index in [1.54, 1.807) is 0 Å². The molecule has 0 unspecified atom stereocenters. The number of ether oxygens (including phenoxy) is 1. The number of sulfonamides is 1. The van der Waals surface area contributed by atoms with E-state index < -0.39 is 10.0 Å². The minimum absolute atomic E-state index is 0.00744. The van der Waals surface area contributed by atoms with Crippen LogP contribution in [-0.4, -0.2) is 50.6 Å². The Bertz CT molecular complexity index is 702. The summed E-state index contributed by atoms with van der Waals surface area (Å²) < 4.78 is 30.2. The Kier molecular flexibility index (Phi) is 6.11. The predicted octanol–water partition coefficient (Wildman–Crippen LogP) is 1.90. The molecule has 1 heterocycles. The number of piperidine rings is 1. The van der Waals surface area contributed by atoms with Gasteiger partial charge in [-0.15, -0.1) is 0 Å². The van der Waals surface area contributed by atoms with Crippen LogP contribution in [0, 0.1) is 0 Å². The molecule has 1 aliphatic rings. The van der Waals surface area contributed by atoms with Gasteiger partial charge in [-0.1, -0.05) is 39.0 Å². The molecule has 1 amide bonds. The molecule has 1 fully saturated rings. The molecular weight excluding hydrogens is 340 g/mol. The van der Waals surface area contributed by atoms with Gasteiger partial charge in [0.2, 0.25) is 10.0 Å². The van der Waals surface area contributed by atoms with E-state index >= 15 is 0 Å². The molecule has 0 aromatic heterocycles. The third kappa shape index (κ3) is 5.71. The van der Waals surface area contributed by atoms with E-state index in [2.05, 4.69) is 26.1 Å². The summed E-state index contributed by atoms with van der Waals surface area (Å²) in [7, 11) is -3.15. The van der Waals surface area contributed by atoms with Crippen LogP contribution in [0.25, 0.3) is 0 Å². The van der Waals surface area contributed by atoms with Crippen LogP contribution in [0.4, 0.5) is 0 Å². The van der Waals surface area contributed by atoms with Gasteiger partial charge in [-0.05, 0) is 29.9 Å². The van der Waals surface area contributed by atoms with Gasteiger partial charge < -0.3 is 10.1 Å². The standard InChI is InChI=1S/C18H28N2O4S/c1-18(2,3)15-7-5-6-8-16(15)24-13-17(21)19-14-9-11-20(12-10-14)25(4,22)23/h5-8,14H,9-13H2,1-4H3,(H,19,21). The molecule has 0 aliphatic carbocycles.